The van der Waals surface area contributed by atoms with Crippen molar-refractivity contribution in [3.63, 3.8) is 0 Å². The van der Waals surface area contributed by atoms with E-state index in [4.69, 9.17) is 14.6 Å². The first-order valence-corrected chi connectivity index (χ1v) is 11.6. The number of phenols is 1. The van der Waals surface area contributed by atoms with Crippen LogP contribution < -0.4 is 5.32 Å². The molecule has 2 aliphatic rings. The molecule has 2 aromatic rings. The van der Waals surface area contributed by atoms with Gasteiger partial charge >= 0.3 is 12.1 Å². The van der Waals surface area contributed by atoms with Crippen LogP contribution in [0.3, 0.4) is 0 Å². The number of fused-ring (bicyclic) bond motifs is 1. The van der Waals surface area contributed by atoms with Crippen molar-refractivity contribution >= 4 is 22.6 Å². The van der Waals surface area contributed by atoms with Gasteiger partial charge in [-0.3, -0.25) is 9.69 Å². The number of aromatic hydroxyl groups is 1. The molecule has 2 fully saturated rings. The fourth-order valence-corrected chi connectivity index (χ4v) is 4.37. The van der Waals surface area contributed by atoms with E-state index in [-0.39, 0.29) is 23.5 Å². The number of halogens is 3. The molecule has 3 N–H and O–H groups in total. The van der Waals surface area contributed by atoms with Crippen molar-refractivity contribution in [2.24, 2.45) is 5.92 Å². The Labute approximate surface area is 201 Å². The van der Waals surface area contributed by atoms with Crippen molar-refractivity contribution in [2.45, 2.75) is 57.5 Å². The van der Waals surface area contributed by atoms with E-state index >= 15 is 0 Å². The summed E-state index contributed by atoms with van der Waals surface area (Å²) >= 11 is 0. The second-order valence-corrected chi connectivity index (χ2v) is 9.47. The summed E-state index contributed by atoms with van der Waals surface area (Å²) < 4.78 is 37.9. The number of aliphatic carboxylic acids is 1. The zero-order chi connectivity index (χ0) is 25.8. The molecular weight excluding hydrogens is 465 g/mol. The molecule has 4 rings (SSSR count). The van der Waals surface area contributed by atoms with Gasteiger partial charge in [-0.05, 0) is 47.4 Å². The molecule has 10 heteroatoms. The summed E-state index contributed by atoms with van der Waals surface area (Å²) in [7, 11) is 0. The lowest BCUT2D eigenvalue weighted by Crippen LogP contribution is -2.59. The summed E-state index contributed by atoms with van der Waals surface area (Å²) in [5.74, 6) is -2.32. The molecule has 1 atom stereocenters. The van der Waals surface area contributed by atoms with Crippen LogP contribution in [0.25, 0.3) is 10.8 Å². The summed E-state index contributed by atoms with van der Waals surface area (Å²) in [6.45, 7) is 7.48. The van der Waals surface area contributed by atoms with Crippen LogP contribution in [0.2, 0.25) is 0 Å². The van der Waals surface area contributed by atoms with Gasteiger partial charge in [0.05, 0.1) is 11.7 Å². The lowest BCUT2D eigenvalue weighted by molar-refractivity contribution is -0.223. The first kappa shape index (κ1) is 26.7. The number of hydrogen-bond donors (Lipinski definition) is 3. The molecule has 2 aliphatic heterocycles. The fraction of sp³-hybridized carbons (Fsp3) is 0.520. The first-order chi connectivity index (χ1) is 16.4. The molecule has 0 aliphatic carbocycles. The predicted octanol–water partition coefficient (Wildman–Crippen LogP) is 4.07. The van der Waals surface area contributed by atoms with Gasteiger partial charge < -0.3 is 20.3 Å². The summed E-state index contributed by atoms with van der Waals surface area (Å²) in [6, 6.07) is 12.0. The molecular formula is C25H31F3N2O5. The van der Waals surface area contributed by atoms with Gasteiger partial charge in [-0.25, -0.2) is 4.79 Å². The van der Waals surface area contributed by atoms with Crippen molar-refractivity contribution < 1.29 is 37.7 Å². The van der Waals surface area contributed by atoms with Crippen molar-refractivity contribution in [2.75, 3.05) is 19.6 Å². The van der Waals surface area contributed by atoms with E-state index in [1.54, 1.807) is 12.1 Å². The fourth-order valence-electron chi connectivity index (χ4n) is 4.37. The molecule has 0 saturated carbocycles. The number of nitrogens with zero attached hydrogens (tertiary/aromatic N) is 1. The van der Waals surface area contributed by atoms with Crippen molar-refractivity contribution in [1.82, 2.24) is 10.2 Å². The summed E-state index contributed by atoms with van der Waals surface area (Å²) in [5.41, 5.74) is 1.34. The molecule has 1 spiro atoms. The molecule has 1 unspecified atom stereocenters. The third kappa shape index (κ3) is 7.32. The van der Waals surface area contributed by atoms with Gasteiger partial charge in [0.25, 0.3) is 0 Å². The van der Waals surface area contributed by atoms with E-state index in [0.717, 1.165) is 49.7 Å². The number of nitrogens with one attached hydrogen (secondary N) is 1. The Bertz CT molecular complexity index is 1040. The maximum atomic E-state index is 11.7. The number of alkyl halides is 3. The second-order valence-electron chi connectivity index (χ2n) is 9.47. The molecule has 0 aromatic heterocycles. The van der Waals surface area contributed by atoms with Crippen LogP contribution in [0.15, 0.2) is 36.4 Å². The van der Waals surface area contributed by atoms with E-state index in [9.17, 15) is 23.1 Å². The van der Waals surface area contributed by atoms with Crippen LogP contribution in [0.5, 0.6) is 5.75 Å². The quantitative estimate of drug-likeness (QED) is 0.577. The number of hydrogen-bond acceptors (Lipinski definition) is 5. The second kappa shape index (κ2) is 10.8. The van der Waals surface area contributed by atoms with Crippen molar-refractivity contribution in [3.8, 4) is 5.75 Å². The average Bonchev–Trinajstić information content (AvgIpc) is 2.77. The highest BCUT2D eigenvalue weighted by molar-refractivity contribution is 5.84. The molecule has 1 amide bonds. The van der Waals surface area contributed by atoms with Gasteiger partial charge in [0.1, 0.15) is 5.75 Å². The molecule has 192 valence electrons. The molecule has 0 radical (unpaired) electrons. The largest absolute Gasteiger partial charge is 0.508 e. The third-order valence-corrected chi connectivity index (χ3v) is 6.35. The van der Waals surface area contributed by atoms with Crippen LogP contribution in [-0.2, 0) is 20.9 Å². The highest BCUT2D eigenvalue weighted by Crippen LogP contribution is 2.41. The van der Waals surface area contributed by atoms with Crippen molar-refractivity contribution in [1.29, 1.82) is 0 Å². The van der Waals surface area contributed by atoms with Gasteiger partial charge in [0, 0.05) is 38.5 Å². The third-order valence-electron chi connectivity index (χ3n) is 6.35. The molecule has 0 bridgehead atoms. The van der Waals surface area contributed by atoms with Gasteiger partial charge in [0.15, 0.2) is 0 Å². The number of piperidine rings is 1. The lowest BCUT2D eigenvalue weighted by atomic mass is 9.80. The Kier molecular flexibility index (Phi) is 8.27. The Hall–Kier alpha value is -2.85. The van der Waals surface area contributed by atoms with E-state index in [1.807, 2.05) is 19.9 Å². The van der Waals surface area contributed by atoms with Gasteiger partial charge in [-0.15, -0.1) is 0 Å². The molecule has 2 aromatic carbocycles. The number of benzene rings is 2. The zero-order valence-electron chi connectivity index (χ0n) is 19.8. The maximum Gasteiger partial charge on any atom is 0.490 e. The highest BCUT2D eigenvalue weighted by atomic mass is 19.4. The van der Waals surface area contributed by atoms with Crippen LogP contribution in [0.4, 0.5) is 13.2 Å². The Morgan fingerprint density at radius 2 is 1.71 bits per heavy atom. The SMILES string of the molecule is CC(C)C(=O)NCC1CC2(CCN(Cc3ccc4cc(O)ccc4c3)CC2)O1.O=C(O)C(F)(F)F. The normalized spacial score (nSPS) is 19.7. The smallest absolute Gasteiger partial charge is 0.490 e. The average molecular weight is 497 g/mol. The minimum Gasteiger partial charge on any atom is -0.508 e. The van der Waals surface area contributed by atoms with Gasteiger partial charge in [0.2, 0.25) is 5.91 Å². The molecule has 35 heavy (non-hydrogen) atoms. The number of carbonyl (C=O) groups is 2. The number of likely N-dealkylation sites (tertiary alicyclic amines) is 1. The highest BCUT2D eigenvalue weighted by Gasteiger charge is 2.47. The Morgan fingerprint density at radius 3 is 2.29 bits per heavy atom. The number of phenolic OH excluding ortho intramolecular Hbond substituents is 1. The van der Waals surface area contributed by atoms with Crippen molar-refractivity contribution in [3.05, 3.63) is 42.0 Å². The monoisotopic (exact) mass is 496 g/mol. The number of carbonyl (C=O) groups excluding carboxylic acids is 1. The van der Waals surface area contributed by atoms with Crippen LogP contribution in [-0.4, -0.2) is 64.5 Å². The van der Waals surface area contributed by atoms with Gasteiger partial charge in [-0.2, -0.15) is 13.2 Å². The topological polar surface area (TPSA) is 99.1 Å². The van der Waals surface area contributed by atoms with Gasteiger partial charge in [-0.1, -0.05) is 32.0 Å². The standard InChI is InChI=1S/C23H30N2O3.C2HF3O2/c1-16(2)22(27)24-14-21-13-23(28-21)7-9-25(10-8-23)15-17-3-4-19-12-20(26)6-5-18(19)11-17;3-2(4,5)1(6)7/h3-6,11-12,16,21,26H,7-10,13-15H2,1-2H3,(H,24,27);(H,6,7). The minimum atomic E-state index is -5.08. The summed E-state index contributed by atoms with van der Waals surface area (Å²) in [5, 5.41) is 21.9. The number of carboxylic acids is 1. The number of carboxylic acid groups (broad SMARTS) is 1. The molecule has 2 saturated heterocycles. The Balaban J connectivity index is 0.000000429. The molecule has 2 heterocycles. The summed E-state index contributed by atoms with van der Waals surface area (Å²) in [4.78, 5) is 23.1. The zero-order valence-corrected chi connectivity index (χ0v) is 19.8. The van der Waals surface area contributed by atoms with Crippen LogP contribution >= 0.6 is 0 Å². The molecule has 7 nitrogen and oxygen atoms in total. The van der Waals surface area contributed by atoms with E-state index in [2.05, 4.69) is 28.4 Å². The predicted molar refractivity (Wildman–Crippen MR) is 124 cm³/mol. The number of rotatable bonds is 5. The van der Waals surface area contributed by atoms with Crippen LogP contribution in [0.1, 0.15) is 38.7 Å². The van der Waals surface area contributed by atoms with Crippen LogP contribution in [0, 0.1) is 5.92 Å². The first-order valence-electron chi connectivity index (χ1n) is 11.6. The number of amides is 1. The Morgan fingerprint density at radius 1 is 1.14 bits per heavy atom. The van der Waals surface area contributed by atoms with E-state index in [0.29, 0.717) is 12.3 Å². The lowest BCUT2D eigenvalue weighted by Gasteiger charge is -2.52. The van der Waals surface area contributed by atoms with E-state index < -0.39 is 12.1 Å². The summed E-state index contributed by atoms with van der Waals surface area (Å²) in [6.07, 6.45) is -1.74. The minimum absolute atomic E-state index is 0.0260. The van der Waals surface area contributed by atoms with E-state index in [1.165, 1.54) is 5.56 Å². The maximum absolute atomic E-state index is 11.7. The number of ether oxygens (including phenoxy) is 1.